The Morgan fingerprint density at radius 3 is 1.06 bits per heavy atom. The molecule has 68 heavy (non-hydrogen) atoms. The number of benzene rings is 10. The molecule has 0 aliphatic rings. The van der Waals surface area contributed by atoms with Crippen molar-refractivity contribution in [2.75, 3.05) is 9.80 Å². The maximum atomic E-state index is 2.59. The molecule has 0 amide bonds. The fraction of sp³-hybridized carbons (Fsp3) is 0.212. The van der Waals surface area contributed by atoms with Crippen LogP contribution in [0.3, 0.4) is 0 Å². The normalized spacial score (nSPS) is 11.9. The lowest BCUT2D eigenvalue weighted by molar-refractivity contribution is 0.866. The minimum Gasteiger partial charge on any atom is -0.309 e. The Morgan fingerprint density at radius 1 is 0.324 bits per heavy atom. The Bertz CT molecular complexity index is 3200. The van der Waals surface area contributed by atoms with E-state index in [4.69, 9.17) is 0 Å². The predicted molar refractivity (Wildman–Crippen MR) is 296 cm³/mol. The number of hydrogen-bond acceptors (Lipinski definition) is 2. The summed E-state index contributed by atoms with van der Waals surface area (Å²) in [7, 11) is 0. The van der Waals surface area contributed by atoms with Gasteiger partial charge in [0, 0.05) is 33.3 Å². The third-order valence-electron chi connectivity index (χ3n) is 14.3. The van der Waals surface area contributed by atoms with E-state index in [0.717, 1.165) is 0 Å². The zero-order chi connectivity index (χ0) is 47.4. The molecule has 10 aromatic carbocycles. The van der Waals surface area contributed by atoms with Crippen LogP contribution in [0.4, 0.5) is 34.1 Å². The van der Waals surface area contributed by atoms with Gasteiger partial charge in [-0.05, 0) is 140 Å². The van der Waals surface area contributed by atoms with Gasteiger partial charge in [-0.3, -0.25) is 0 Å². The van der Waals surface area contributed by atoms with E-state index >= 15 is 0 Å². The van der Waals surface area contributed by atoms with Crippen molar-refractivity contribution in [1.29, 1.82) is 0 Å². The second-order valence-electron chi connectivity index (χ2n) is 20.2. The molecule has 0 spiro atoms. The Balaban J connectivity index is 1.36. The smallest absolute Gasteiger partial charge is 0.0569 e. The summed E-state index contributed by atoms with van der Waals surface area (Å²) < 4.78 is 0. The van der Waals surface area contributed by atoms with Crippen LogP contribution < -0.4 is 9.80 Å². The highest BCUT2D eigenvalue weighted by Gasteiger charge is 2.29. The van der Waals surface area contributed by atoms with Gasteiger partial charge >= 0.3 is 0 Å². The first-order chi connectivity index (χ1) is 32.9. The monoisotopic (exact) mass is 885 g/mol. The van der Waals surface area contributed by atoms with Crippen LogP contribution in [0.15, 0.2) is 182 Å². The van der Waals surface area contributed by atoms with Gasteiger partial charge in [-0.25, -0.2) is 0 Å². The van der Waals surface area contributed by atoms with Crippen molar-refractivity contribution in [3.05, 3.63) is 215 Å². The number of hydrogen-bond donors (Lipinski definition) is 0. The summed E-state index contributed by atoms with van der Waals surface area (Å²) in [4.78, 5) is 5.18. The highest BCUT2D eigenvalue weighted by atomic mass is 15.2. The maximum Gasteiger partial charge on any atom is 0.0569 e. The number of aryl methyl sites for hydroxylation is 2. The molecule has 0 atom stereocenters. The summed E-state index contributed by atoms with van der Waals surface area (Å²) in [5.41, 5.74) is 19.8. The number of rotatable bonds is 12. The number of para-hydroxylation sites is 2. The first-order valence-corrected chi connectivity index (χ1v) is 24.8. The van der Waals surface area contributed by atoms with E-state index in [1.165, 1.54) is 122 Å². The Kier molecular flexibility index (Phi) is 11.9. The highest BCUT2D eigenvalue weighted by molar-refractivity contribution is 6.29. The molecule has 0 fully saturated rings. The fourth-order valence-electron chi connectivity index (χ4n) is 10.8. The molecular weight excluding hydrogens is 821 g/mol. The average Bonchev–Trinajstić information content (AvgIpc) is 3.35. The molecule has 0 aliphatic carbocycles. The summed E-state index contributed by atoms with van der Waals surface area (Å²) in [6, 6.07) is 68.7. The molecule has 338 valence electrons. The fourth-order valence-corrected chi connectivity index (χ4v) is 10.8. The van der Waals surface area contributed by atoms with Gasteiger partial charge in [0.15, 0.2) is 0 Å². The van der Waals surface area contributed by atoms with Crippen molar-refractivity contribution in [1.82, 2.24) is 0 Å². The molecule has 0 aliphatic heterocycles. The SMILES string of the molecule is Cc1cccc(-c2ccccc2)c1N(c1cccc(C(C)C)c1)c1cc(C(C)C)c2ccc3c(N(c4cccc(C(C)C)c4)c4c(C)cccc4-c4ccccc4)cc(C(C)C)c4ccc1c2c43. The van der Waals surface area contributed by atoms with Crippen molar-refractivity contribution in [3.8, 4) is 22.3 Å². The third kappa shape index (κ3) is 7.80. The van der Waals surface area contributed by atoms with Crippen molar-refractivity contribution in [2.24, 2.45) is 0 Å². The molecule has 0 heterocycles. The Morgan fingerprint density at radius 2 is 0.691 bits per heavy atom. The van der Waals surface area contributed by atoms with Gasteiger partial charge < -0.3 is 9.80 Å². The predicted octanol–water partition coefficient (Wildman–Crippen LogP) is 20.0. The quantitative estimate of drug-likeness (QED) is 0.113. The molecule has 10 rings (SSSR count). The van der Waals surface area contributed by atoms with Crippen LogP contribution in [0.2, 0.25) is 0 Å². The molecule has 2 heteroatoms. The van der Waals surface area contributed by atoms with E-state index in [-0.39, 0.29) is 11.8 Å². The van der Waals surface area contributed by atoms with Gasteiger partial charge in [0.25, 0.3) is 0 Å². The zero-order valence-corrected chi connectivity index (χ0v) is 41.5. The second-order valence-corrected chi connectivity index (χ2v) is 20.2. The summed E-state index contributed by atoms with van der Waals surface area (Å²) in [6.45, 7) is 23.2. The molecule has 0 saturated carbocycles. The van der Waals surface area contributed by atoms with Gasteiger partial charge in [0.2, 0.25) is 0 Å². The van der Waals surface area contributed by atoms with Gasteiger partial charge in [0.1, 0.15) is 0 Å². The first-order valence-electron chi connectivity index (χ1n) is 24.8. The average molecular weight is 885 g/mol. The lowest BCUT2D eigenvalue weighted by atomic mass is 9.83. The molecule has 0 bridgehead atoms. The molecule has 0 saturated heterocycles. The topological polar surface area (TPSA) is 6.48 Å². The van der Waals surface area contributed by atoms with Gasteiger partial charge in [-0.2, -0.15) is 0 Å². The van der Waals surface area contributed by atoms with Gasteiger partial charge in [-0.15, -0.1) is 0 Å². The minimum absolute atomic E-state index is 0.271. The largest absolute Gasteiger partial charge is 0.309 e. The first kappa shape index (κ1) is 44.7. The lowest BCUT2D eigenvalue weighted by Gasteiger charge is -2.34. The van der Waals surface area contributed by atoms with Gasteiger partial charge in [0.05, 0.1) is 22.7 Å². The van der Waals surface area contributed by atoms with E-state index in [2.05, 4.69) is 261 Å². The summed E-state index contributed by atoms with van der Waals surface area (Å²) >= 11 is 0. The molecular formula is C66H64N2. The summed E-state index contributed by atoms with van der Waals surface area (Å²) in [5, 5.41) is 7.80. The standard InChI is InChI=1S/C66H64N2/c1-41(2)49-27-19-29-51(37-49)67(65-45(9)21-17-31-53(65)47-23-13-11-14-24-47)61-39-59(43(5)6)55-34-36-58-62(40-60(44(7)8)56-33-35-57(61)63(55)64(56)58)68(52-30-20-28-50(38-52)42(3)4)66-46(10)22-18-32-54(66)48-25-15-12-16-26-48/h11-44H,1-10H3. The van der Waals surface area contributed by atoms with E-state index in [1.54, 1.807) is 0 Å². The van der Waals surface area contributed by atoms with Crippen LogP contribution in [0, 0.1) is 13.8 Å². The van der Waals surface area contributed by atoms with E-state index < -0.39 is 0 Å². The van der Waals surface area contributed by atoms with Crippen LogP contribution in [0.1, 0.15) is 112 Å². The van der Waals surface area contributed by atoms with E-state index in [1.807, 2.05) is 0 Å². The van der Waals surface area contributed by atoms with Crippen molar-refractivity contribution < 1.29 is 0 Å². The molecule has 0 N–H and O–H groups in total. The van der Waals surface area contributed by atoms with Crippen LogP contribution in [-0.2, 0) is 0 Å². The zero-order valence-electron chi connectivity index (χ0n) is 41.5. The van der Waals surface area contributed by atoms with Crippen LogP contribution in [0.5, 0.6) is 0 Å². The van der Waals surface area contributed by atoms with Crippen LogP contribution in [-0.4, -0.2) is 0 Å². The van der Waals surface area contributed by atoms with Gasteiger partial charge in [-0.1, -0.05) is 201 Å². The Hall–Kier alpha value is -7.16. The lowest BCUT2D eigenvalue weighted by Crippen LogP contribution is -2.15. The second kappa shape index (κ2) is 18.1. The molecule has 0 aromatic heterocycles. The maximum absolute atomic E-state index is 2.59. The molecule has 2 nitrogen and oxygen atoms in total. The van der Waals surface area contributed by atoms with E-state index in [0.29, 0.717) is 11.8 Å². The van der Waals surface area contributed by atoms with Crippen molar-refractivity contribution in [3.63, 3.8) is 0 Å². The molecule has 10 aromatic rings. The number of anilines is 6. The highest BCUT2D eigenvalue weighted by Crippen LogP contribution is 2.53. The van der Waals surface area contributed by atoms with Crippen LogP contribution in [0.25, 0.3) is 54.6 Å². The van der Waals surface area contributed by atoms with Crippen LogP contribution >= 0.6 is 0 Å². The third-order valence-corrected chi connectivity index (χ3v) is 14.3. The molecule has 0 radical (unpaired) electrons. The number of nitrogens with zero attached hydrogens (tertiary/aromatic N) is 2. The Labute approximate surface area is 404 Å². The van der Waals surface area contributed by atoms with E-state index in [9.17, 15) is 0 Å². The summed E-state index contributed by atoms with van der Waals surface area (Å²) in [5.74, 6) is 1.30. The summed E-state index contributed by atoms with van der Waals surface area (Å²) in [6.07, 6.45) is 0. The van der Waals surface area contributed by atoms with Crippen molar-refractivity contribution in [2.45, 2.75) is 92.9 Å². The van der Waals surface area contributed by atoms with Crippen molar-refractivity contribution >= 4 is 66.4 Å². The minimum atomic E-state index is 0.271. The molecule has 0 unspecified atom stereocenters.